The van der Waals surface area contributed by atoms with Gasteiger partial charge >= 0.3 is 0 Å². The van der Waals surface area contributed by atoms with E-state index in [9.17, 15) is 0 Å². The van der Waals surface area contributed by atoms with Crippen molar-refractivity contribution in [2.24, 2.45) is 7.05 Å². The van der Waals surface area contributed by atoms with Crippen molar-refractivity contribution in [1.82, 2.24) is 15.1 Å². The highest BCUT2D eigenvalue weighted by atomic mass is 79.9. The fourth-order valence-corrected chi connectivity index (χ4v) is 2.65. The molecule has 0 aromatic carbocycles. The van der Waals surface area contributed by atoms with Crippen molar-refractivity contribution in [3.63, 3.8) is 0 Å². The van der Waals surface area contributed by atoms with Gasteiger partial charge in [0, 0.05) is 13.7 Å². The SMILES string of the molecule is CCNC(c1c(Br)cnn1C)C(CC)OCC. The molecule has 0 spiro atoms. The molecule has 0 amide bonds. The number of likely N-dealkylation sites (N-methyl/N-ethyl adjacent to an activating group) is 1. The van der Waals surface area contributed by atoms with Crippen molar-refractivity contribution in [2.45, 2.75) is 39.3 Å². The topological polar surface area (TPSA) is 39.1 Å². The number of nitrogens with one attached hydrogen (secondary N) is 1. The Morgan fingerprint density at radius 3 is 2.59 bits per heavy atom. The maximum atomic E-state index is 5.82. The Bertz CT molecular complexity index is 321. The van der Waals surface area contributed by atoms with Gasteiger partial charge in [-0.15, -0.1) is 0 Å². The fraction of sp³-hybridized carbons (Fsp3) is 0.750. The third-order valence-corrected chi connectivity index (χ3v) is 3.42. The lowest BCUT2D eigenvalue weighted by atomic mass is 10.0. The summed E-state index contributed by atoms with van der Waals surface area (Å²) in [6.07, 6.45) is 2.98. The molecule has 0 fully saturated rings. The molecule has 2 unspecified atom stereocenters. The van der Waals surface area contributed by atoms with Crippen LogP contribution >= 0.6 is 15.9 Å². The number of halogens is 1. The molecule has 0 bridgehead atoms. The number of ether oxygens (including phenoxy) is 1. The van der Waals surface area contributed by atoms with Crippen LogP contribution in [0.2, 0.25) is 0 Å². The fourth-order valence-electron chi connectivity index (χ4n) is 2.06. The van der Waals surface area contributed by atoms with Crippen molar-refractivity contribution in [1.29, 1.82) is 0 Å². The largest absolute Gasteiger partial charge is 0.376 e. The van der Waals surface area contributed by atoms with Crippen LogP contribution in [0.5, 0.6) is 0 Å². The van der Waals surface area contributed by atoms with Crippen LogP contribution in [0.15, 0.2) is 10.7 Å². The zero-order chi connectivity index (χ0) is 12.8. The van der Waals surface area contributed by atoms with Crippen LogP contribution in [-0.4, -0.2) is 29.0 Å². The minimum absolute atomic E-state index is 0.173. The molecular formula is C12H22BrN3O. The first-order chi connectivity index (χ1) is 8.15. The van der Waals surface area contributed by atoms with E-state index < -0.39 is 0 Å². The second-order valence-corrected chi connectivity index (χ2v) is 4.79. The minimum atomic E-state index is 0.173. The summed E-state index contributed by atoms with van der Waals surface area (Å²) >= 11 is 3.56. The first-order valence-corrected chi connectivity index (χ1v) is 6.97. The van der Waals surface area contributed by atoms with Gasteiger partial charge in [0.1, 0.15) is 0 Å². The van der Waals surface area contributed by atoms with E-state index in [1.54, 1.807) is 0 Å². The molecular weight excluding hydrogens is 282 g/mol. The first-order valence-electron chi connectivity index (χ1n) is 6.17. The number of aryl methyl sites for hydroxylation is 1. The Labute approximate surface area is 112 Å². The molecule has 0 aliphatic rings. The summed E-state index contributed by atoms with van der Waals surface area (Å²) in [5.74, 6) is 0. The average molecular weight is 304 g/mol. The van der Waals surface area contributed by atoms with Gasteiger partial charge in [0.25, 0.3) is 0 Å². The maximum Gasteiger partial charge on any atom is 0.0782 e. The van der Waals surface area contributed by atoms with Crippen molar-refractivity contribution in [3.05, 3.63) is 16.4 Å². The molecule has 0 aliphatic carbocycles. The number of hydrogen-bond acceptors (Lipinski definition) is 3. The minimum Gasteiger partial charge on any atom is -0.376 e. The number of nitrogens with zero attached hydrogens (tertiary/aromatic N) is 2. The zero-order valence-electron chi connectivity index (χ0n) is 11.0. The summed E-state index contributed by atoms with van der Waals surface area (Å²) in [4.78, 5) is 0. The van der Waals surface area contributed by atoms with Crippen LogP contribution in [0.4, 0.5) is 0 Å². The molecule has 98 valence electrons. The van der Waals surface area contributed by atoms with E-state index in [1.807, 2.05) is 24.9 Å². The Kier molecular flexibility index (Phi) is 6.16. The molecule has 0 radical (unpaired) electrons. The summed E-state index contributed by atoms with van der Waals surface area (Å²) in [7, 11) is 1.96. The first kappa shape index (κ1) is 14.7. The van der Waals surface area contributed by atoms with Gasteiger partial charge in [0.05, 0.1) is 28.5 Å². The van der Waals surface area contributed by atoms with E-state index in [4.69, 9.17) is 4.74 Å². The van der Waals surface area contributed by atoms with Crippen LogP contribution in [-0.2, 0) is 11.8 Å². The molecule has 0 saturated carbocycles. The van der Waals surface area contributed by atoms with Crippen LogP contribution in [0, 0.1) is 0 Å². The van der Waals surface area contributed by atoms with Crippen LogP contribution in [0.1, 0.15) is 38.9 Å². The Morgan fingerprint density at radius 1 is 1.47 bits per heavy atom. The highest BCUT2D eigenvalue weighted by molar-refractivity contribution is 9.10. The predicted octanol–water partition coefficient (Wildman–Crippen LogP) is 2.65. The van der Waals surface area contributed by atoms with Crippen LogP contribution in [0.25, 0.3) is 0 Å². The third kappa shape index (κ3) is 3.53. The molecule has 1 aromatic heterocycles. The lowest BCUT2D eigenvalue weighted by Gasteiger charge is -2.27. The lowest BCUT2D eigenvalue weighted by molar-refractivity contribution is 0.0296. The predicted molar refractivity (Wildman–Crippen MR) is 73.0 cm³/mol. The van der Waals surface area contributed by atoms with E-state index >= 15 is 0 Å². The van der Waals surface area contributed by atoms with Crippen molar-refractivity contribution < 1.29 is 4.74 Å². The molecule has 0 saturated heterocycles. The molecule has 0 aliphatic heterocycles. The zero-order valence-corrected chi connectivity index (χ0v) is 12.6. The van der Waals surface area contributed by atoms with E-state index in [0.29, 0.717) is 0 Å². The Balaban J connectivity index is 2.98. The van der Waals surface area contributed by atoms with E-state index in [0.717, 1.165) is 29.7 Å². The summed E-state index contributed by atoms with van der Waals surface area (Å²) in [6.45, 7) is 7.93. The molecule has 1 rings (SSSR count). The number of hydrogen-bond donors (Lipinski definition) is 1. The Morgan fingerprint density at radius 2 is 2.18 bits per heavy atom. The van der Waals surface area contributed by atoms with Gasteiger partial charge in [-0.2, -0.15) is 5.10 Å². The molecule has 4 nitrogen and oxygen atoms in total. The van der Waals surface area contributed by atoms with E-state index in [2.05, 4.69) is 40.2 Å². The highest BCUT2D eigenvalue weighted by Crippen LogP contribution is 2.27. The van der Waals surface area contributed by atoms with Gasteiger partial charge < -0.3 is 10.1 Å². The average Bonchev–Trinajstić information content (AvgIpc) is 2.64. The monoisotopic (exact) mass is 303 g/mol. The summed E-state index contributed by atoms with van der Waals surface area (Å²) < 4.78 is 8.75. The van der Waals surface area contributed by atoms with Gasteiger partial charge in [-0.05, 0) is 35.8 Å². The second-order valence-electron chi connectivity index (χ2n) is 3.94. The van der Waals surface area contributed by atoms with E-state index in [-0.39, 0.29) is 12.1 Å². The van der Waals surface area contributed by atoms with Gasteiger partial charge in [-0.1, -0.05) is 13.8 Å². The standard InChI is InChI=1S/C12H22BrN3O/c1-5-10(17-7-3)11(14-6-2)12-9(13)8-15-16(12)4/h8,10-11,14H,5-7H2,1-4H3. The van der Waals surface area contributed by atoms with Crippen LogP contribution in [0.3, 0.4) is 0 Å². The highest BCUT2D eigenvalue weighted by Gasteiger charge is 2.26. The van der Waals surface area contributed by atoms with Crippen molar-refractivity contribution in [2.75, 3.05) is 13.2 Å². The molecule has 17 heavy (non-hydrogen) atoms. The quantitative estimate of drug-likeness (QED) is 0.842. The maximum absolute atomic E-state index is 5.82. The van der Waals surface area contributed by atoms with Gasteiger partial charge in [-0.3, -0.25) is 4.68 Å². The number of aromatic nitrogens is 2. The van der Waals surface area contributed by atoms with Crippen molar-refractivity contribution >= 4 is 15.9 Å². The van der Waals surface area contributed by atoms with Crippen molar-refractivity contribution in [3.8, 4) is 0 Å². The smallest absolute Gasteiger partial charge is 0.0782 e. The second kappa shape index (κ2) is 7.13. The Hall–Kier alpha value is -0.390. The normalized spacial score (nSPS) is 14.9. The van der Waals surface area contributed by atoms with Crippen LogP contribution < -0.4 is 5.32 Å². The molecule has 1 aromatic rings. The molecule has 2 atom stereocenters. The summed E-state index contributed by atoms with van der Waals surface area (Å²) in [6, 6.07) is 0.173. The third-order valence-electron chi connectivity index (χ3n) is 2.81. The van der Waals surface area contributed by atoms with Gasteiger partial charge in [-0.25, -0.2) is 0 Å². The summed E-state index contributed by atoms with van der Waals surface area (Å²) in [5.41, 5.74) is 1.15. The van der Waals surface area contributed by atoms with E-state index in [1.165, 1.54) is 0 Å². The molecule has 1 N–H and O–H groups in total. The van der Waals surface area contributed by atoms with Gasteiger partial charge in [0.15, 0.2) is 0 Å². The lowest BCUT2D eigenvalue weighted by Crippen LogP contribution is -2.35. The molecule has 5 heteroatoms. The number of rotatable bonds is 7. The van der Waals surface area contributed by atoms with Gasteiger partial charge in [0.2, 0.25) is 0 Å². The summed E-state index contributed by atoms with van der Waals surface area (Å²) in [5, 5.41) is 7.76. The molecule has 1 heterocycles.